The fraction of sp³-hybridized carbons (Fsp3) is 0.558. The molecular weight excluding hydrogens is 1060 g/mol. The maximum absolute atomic E-state index is 13.5. The van der Waals surface area contributed by atoms with E-state index < -0.39 is 145 Å². The number of ether oxygens (including phenoxy) is 2. The second-order valence-electron chi connectivity index (χ2n) is 22.8. The van der Waals surface area contributed by atoms with E-state index >= 15 is 0 Å². The van der Waals surface area contributed by atoms with Gasteiger partial charge in [-0.1, -0.05) is 20.8 Å². The lowest BCUT2D eigenvalue weighted by atomic mass is 9.93. The number of benzene rings is 2. The van der Waals surface area contributed by atoms with Gasteiger partial charge in [-0.3, -0.25) is 38.4 Å². The highest BCUT2D eigenvalue weighted by atomic mass is 19.2. The second-order valence-corrected chi connectivity index (χ2v) is 22.8. The number of nitrogens with zero attached hydrogens (tertiary/aromatic N) is 3. The Morgan fingerprint density at radius 1 is 0.410 bits per heavy atom. The molecule has 3 fully saturated rings. The van der Waals surface area contributed by atoms with E-state index in [0.29, 0.717) is 21.3 Å². The van der Waals surface area contributed by atoms with Gasteiger partial charge in [-0.25, -0.2) is 36.3 Å². The highest BCUT2D eigenvalue weighted by Gasteiger charge is 2.38. The summed E-state index contributed by atoms with van der Waals surface area (Å²) in [7, 11) is 0. The van der Waals surface area contributed by atoms with Gasteiger partial charge in [0, 0.05) is 44.1 Å². The van der Waals surface area contributed by atoms with Crippen molar-refractivity contribution in [3.8, 4) is 11.5 Å². The maximum Gasteiger partial charge on any atom is 0.338 e. The highest BCUT2D eigenvalue weighted by Crippen LogP contribution is 2.32. The first-order valence-electron chi connectivity index (χ1n) is 23.8. The Labute approximate surface area is 446 Å². The summed E-state index contributed by atoms with van der Waals surface area (Å²) >= 11 is 0. The molecule has 434 valence electrons. The average Bonchev–Trinajstić information content (AvgIpc) is 3.91. The summed E-state index contributed by atoms with van der Waals surface area (Å²) in [6.45, 7) is 26.7. The van der Waals surface area contributed by atoms with Crippen molar-refractivity contribution in [3.05, 3.63) is 57.9 Å². The first-order chi connectivity index (χ1) is 35.1. The molecule has 0 N–H and O–H groups in total. The smallest absolute Gasteiger partial charge is 0.338 e. The number of carbonyl (C=O) groups is 11. The summed E-state index contributed by atoms with van der Waals surface area (Å²) in [5, 5.41) is 1.70. The van der Waals surface area contributed by atoms with Crippen molar-refractivity contribution in [3.63, 3.8) is 0 Å². The SMILES string of the molecule is CC(C)(C)C(=O)ON1C(=O)CCC1=O.CC(C)(C)C(=O)ON1C(=O)CCC1=O.CC(C)(C)CC(=O)ON1C(=O)CCC1=O.Cc1c(F)c(F)c(F)c(OC(=O)C(C)(C)C)c1F.Cc1cc(F)c(F)c(OC(=O)C(C)(C)C)c1F. The topological polar surface area (TPSA) is 244 Å². The molecule has 2 aromatic carbocycles. The second kappa shape index (κ2) is 26.9. The van der Waals surface area contributed by atoms with Crippen LogP contribution in [0.3, 0.4) is 0 Å². The van der Waals surface area contributed by atoms with Crippen LogP contribution in [-0.2, 0) is 67.3 Å². The predicted molar refractivity (Wildman–Crippen MR) is 257 cm³/mol. The van der Waals surface area contributed by atoms with Gasteiger partial charge in [-0.15, -0.1) is 15.2 Å². The van der Waals surface area contributed by atoms with Crippen LogP contribution in [0.5, 0.6) is 11.5 Å². The van der Waals surface area contributed by atoms with Crippen LogP contribution in [0.4, 0.5) is 30.7 Å². The van der Waals surface area contributed by atoms with Gasteiger partial charge in [-0.2, -0.15) is 8.78 Å². The largest absolute Gasteiger partial charge is 0.420 e. The van der Waals surface area contributed by atoms with Gasteiger partial charge in [0.05, 0.1) is 28.1 Å². The van der Waals surface area contributed by atoms with Crippen LogP contribution in [0.1, 0.15) is 160 Å². The monoisotopic (exact) mass is 1120 g/mol. The number of hydroxylamine groups is 6. The number of esters is 2. The van der Waals surface area contributed by atoms with Crippen LogP contribution >= 0.6 is 0 Å². The molecule has 0 saturated carbocycles. The van der Waals surface area contributed by atoms with Crippen LogP contribution < -0.4 is 9.47 Å². The molecule has 5 rings (SSSR count). The maximum atomic E-state index is 13.5. The van der Waals surface area contributed by atoms with Crippen molar-refractivity contribution < 1.29 is 107 Å². The summed E-state index contributed by atoms with van der Waals surface area (Å²) in [6, 6.07) is 0.707. The van der Waals surface area contributed by atoms with Gasteiger partial charge < -0.3 is 24.0 Å². The Bertz CT molecular complexity index is 2530. The first-order valence-corrected chi connectivity index (χ1v) is 23.8. The molecule has 0 aromatic heterocycles. The zero-order valence-corrected chi connectivity index (χ0v) is 46.5. The van der Waals surface area contributed by atoms with E-state index in [1.54, 1.807) is 41.5 Å². The van der Waals surface area contributed by atoms with Gasteiger partial charge >= 0.3 is 29.8 Å². The van der Waals surface area contributed by atoms with Crippen LogP contribution in [0, 0.1) is 81.6 Å². The number of halogens is 7. The Hall–Kier alpha value is -7.28. The number of aryl methyl sites for hydroxylation is 1. The Morgan fingerprint density at radius 2 is 0.705 bits per heavy atom. The van der Waals surface area contributed by atoms with Crippen molar-refractivity contribution >= 4 is 65.3 Å². The predicted octanol–water partition coefficient (Wildman–Crippen LogP) is 9.18. The number of hydrogen-bond acceptors (Lipinski definition) is 16. The summed E-state index contributed by atoms with van der Waals surface area (Å²) in [6.07, 6.45) is 0.909. The number of amides is 6. The molecule has 3 aliphatic heterocycles. The van der Waals surface area contributed by atoms with Gasteiger partial charge in [0.2, 0.25) is 23.1 Å². The summed E-state index contributed by atoms with van der Waals surface area (Å²) in [5.74, 6) is -19.0. The molecule has 6 amide bonds. The molecule has 2 aromatic rings. The van der Waals surface area contributed by atoms with Gasteiger partial charge in [0.1, 0.15) is 0 Å². The van der Waals surface area contributed by atoms with E-state index in [1.807, 2.05) is 20.8 Å². The Morgan fingerprint density at radius 3 is 1.00 bits per heavy atom. The van der Waals surface area contributed by atoms with Crippen LogP contribution in [0.15, 0.2) is 6.07 Å². The molecule has 3 saturated heterocycles. The summed E-state index contributed by atoms with van der Waals surface area (Å²) < 4.78 is 102. The van der Waals surface area contributed by atoms with E-state index in [1.165, 1.54) is 48.5 Å². The van der Waals surface area contributed by atoms with Crippen LogP contribution in [-0.4, -0.2) is 80.5 Å². The molecule has 3 heterocycles. The molecule has 3 aliphatic rings. The minimum Gasteiger partial charge on any atom is -0.420 e. The number of carbonyl (C=O) groups excluding carboxylic acids is 11. The standard InChI is InChI=1S/C12H12F4O2.C12H13F3O2.C10H15NO4.2C9H13NO4/c1-5-6(13)8(15)9(16)10(7(5)14)18-11(17)12(2,3)4;1-6-5-7(13)9(15)10(8(6)14)17-11(16)12(2,3)4;1-10(2,3)6-9(14)15-11-7(12)4-5-8(11)13;2*1-9(2,3)8(13)14-10-6(11)4-5-7(10)12/h1-4H3;5H,1-4H3;4-6H2,1-3H3;2*4-5H2,1-3H3. The third-order valence-corrected chi connectivity index (χ3v) is 9.81. The van der Waals surface area contributed by atoms with Crippen molar-refractivity contribution in [2.45, 2.75) is 163 Å². The Kier molecular flexibility index (Phi) is 23.7. The lowest BCUT2D eigenvalue weighted by molar-refractivity contribution is -0.203. The third kappa shape index (κ3) is 20.3. The van der Waals surface area contributed by atoms with Crippen molar-refractivity contribution in [1.29, 1.82) is 0 Å². The molecule has 0 bridgehead atoms. The summed E-state index contributed by atoms with van der Waals surface area (Å²) in [4.78, 5) is 138. The molecule has 0 radical (unpaired) electrons. The van der Waals surface area contributed by atoms with Crippen molar-refractivity contribution in [2.24, 2.45) is 27.1 Å². The van der Waals surface area contributed by atoms with E-state index in [0.717, 1.165) is 6.92 Å². The first kappa shape index (κ1) is 68.7. The van der Waals surface area contributed by atoms with Gasteiger partial charge in [-0.05, 0) is 114 Å². The summed E-state index contributed by atoms with van der Waals surface area (Å²) in [5.41, 5.74) is -4.49. The molecule has 26 heteroatoms. The molecule has 78 heavy (non-hydrogen) atoms. The minimum atomic E-state index is -1.87. The minimum absolute atomic E-state index is 0.121. The average molecular weight is 1120 g/mol. The zero-order valence-electron chi connectivity index (χ0n) is 46.5. The van der Waals surface area contributed by atoms with Crippen molar-refractivity contribution in [1.82, 2.24) is 15.2 Å². The molecule has 19 nitrogen and oxygen atoms in total. The lowest BCUT2D eigenvalue weighted by Crippen LogP contribution is -2.36. The van der Waals surface area contributed by atoms with Gasteiger partial charge in [0.15, 0.2) is 29.1 Å². The molecular formula is C52H66F7N3O16. The third-order valence-electron chi connectivity index (χ3n) is 9.81. The fourth-order valence-corrected chi connectivity index (χ4v) is 5.08. The number of rotatable bonds is 6. The van der Waals surface area contributed by atoms with E-state index in [4.69, 9.17) is 14.5 Å². The lowest BCUT2D eigenvalue weighted by Gasteiger charge is -2.19. The van der Waals surface area contributed by atoms with Crippen LogP contribution in [0.25, 0.3) is 0 Å². The highest BCUT2D eigenvalue weighted by molar-refractivity contribution is 6.03. The molecule has 0 aliphatic carbocycles. The van der Waals surface area contributed by atoms with E-state index in [-0.39, 0.29) is 55.9 Å². The number of imide groups is 3. The zero-order chi connectivity index (χ0) is 61.1. The number of hydrogen-bond donors (Lipinski definition) is 0. The normalized spacial score (nSPS) is 14.7. The van der Waals surface area contributed by atoms with Crippen LogP contribution in [0.2, 0.25) is 0 Å². The Balaban J connectivity index is 0.000000489. The molecule has 0 atom stereocenters. The van der Waals surface area contributed by atoms with E-state index in [2.05, 4.69) is 9.47 Å². The fourth-order valence-electron chi connectivity index (χ4n) is 5.08. The van der Waals surface area contributed by atoms with Gasteiger partial charge in [0.25, 0.3) is 35.4 Å². The van der Waals surface area contributed by atoms with E-state index in [9.17, 15) is 83.5 Å². The molecule has 0 unspecified atom stereocenters. The quantitative estimate of drug-likeness (QED) is 0.0653. The molecule has 0 spiro atoms. The van der Waals surface area contributed by atoms with Crippen molar-refractivity contribution in [2.75, 3.05) is 0 Å².